The summed E-state index contributed by atoms with van der Waals surface area (Å²) >= 11 is 0. The maximum atomic E-state index is 5.85. The highest BCUT2D eigenvalue weighted by Gasteiger charge is 2.06. The Morgan fingerprint density at radius 2 is 1.94 bits per heavy atom. The van der Waals surface area contributed by atoms with Gasteiger partial charge < -0.3 is 10.6 Å². The van der Waals surface area contributed by atoms with Crippen LogP contribution in [-0.4, -0.2) is 12.0 Å². The van der Waals surface area contributed by atoms with E-state index in [0.717, 1.165) is 12.1 Å². The number of benzene rings is 1. The van der Waals surface area contributed by atoms with Crippen molar-refractivity contribution >= 4 is 11.5 Å². The van der Waals surface area contributed by atoms with Crippen LogP contribution in [0.5, 0.6) is 0 Å². The molecule has 2 N–H and O–H groups in total. The highest BCUT2D eigenvalue weighted by molar-refractivity contribution is 5.53. The zero-order valence-corrected chi connectivity index (χ0v) is 10.2. The molecule has 88 valence electrons. The number of hydrogen-bond donors (Lipinski definition) is 1. The first-order chi connectivity index (χ1) is 8.18. The van der Waals surface area contributed by atoms with Crippen molar-refractivity contribution in [1.82, 2.24) is 4.98 Å². The molecule has 0 aliphatic heterocycles. The molecule has 0 atom stereocenters. The third kappa shape index (κ3) is 2.56. The number of nitrogen functional groups attached to an aromatic ring is 1. The van der Waals surface area contributed by atoms with Gasteiger partial charge in [-0.3, -0.25) is 0 Å². The van der Waals surface area contributed by atoms with Crippen LogP contribution >= 0.6 is 0 Å². The molecule has 0 aliphatic carbocycles. The van der Waals surface area contributed by atoms with Crippen LogP contribution < -0.4 is 10.6 Å². The van der Waals surface area contributed by atoms with Crippen LogP contribution in [0.15, 0.2) is 42.6 Å². The summed E-state index contributed by atoms with van der Waals surface area (Å²) in [6, 6.07) is 12.2. The van der Waals surface area contributed by atoms with E-state index in [1.165, 1.54) is 11.3 Å². The summed E-state index contributed by atoms with van der Waals surface area (Å²) in [6.45, 7) is 2.88. The Morgan fingerprint density at radius 3 is 2.65 bits per heavy atom. The smallest absolute Gasteiger partial charge is 0.128 e. The van der Waals surface area contributed by atoms with E-state index in [1.807, 2.05) is 24.3 Å². The molecule has 3 heteroatoms. The normalized spacial score (nSPS) is 10.2. The Kier molecular flexibility index (Phi) is 3.28. The number of anilines is 2. The van der Waals surface area contributed by atoms with E-state index in [1.54, 1.807) is 6.20 Å². The summed E-state index contributed by atoms with van der Waals surface area (Å²) in [5.41, 5.74) is 9.38. The van der Waals surface area contributed by atoms with E-state index in [9.17, 15) is 0 Å². The molecule has 2 rings (SSSR count). The van der Waals surface area contributed by atoms with Gasteiger partial charge in [0, 0.05) is 31.0 Å². The third-order valence-corrected chi connectivity index (χ3v) is 2.86. The molecule has 2 aromatic rings. The number of para-hydroxylation sites is 1. The van der Waals surface area contributed by atoms with Gasteiger partial charge in [-0.05, 0) is 24.6 Å². The Labute approximate surface area is 102 Å². The minimum Gasteiger partial charge on any atom is -0.383 e. The molecule has 0 spiro atoms. The second kappa shape index (κ2) is 4.87. The van der Waals surface area contributed by atoms with Gasteiger partial charge in [-0.25, -0.2) is 4.98 Å². The highest BCUT2D eigenvalue weighted by atomic mass is 15.1. The van der Waals surface area contributed by atoms with E-state index in [4.69, 9.17) is 5.73 Å². The summed E-state index contributed by atoms with van der Waals surface area (Å²) in [6.07, 6.45) is 1.71. The highest BCUT2D eigenvalue weighted by Crippen LogP contribution is 2.20. The van der Waals surface area contributed by atoms with Crippen molar-refractivity contribution < 1.29 is 0 Å². The lowest BCUT2D eigenvalue weighted by atomic mass is 10.1. The molecule has 0 radical (unpaired) electrons. The first kappa shape index (κ1) is 11.5. The van der Waals surface area contributed by atoms with E-state index in [0.29, 0.717) is 5.82 Å². The molecule has 0 bridgehead atoms. The minimum atomic E-state index is 0.605. The summed E-state index contributed by atoms with van der Waals surface area (Å²) in [5.74, 6) is 0.605. The van der Waals surface area contributed by atoms with Gasteiger partial charge in [-0.15, -0.1) is 0 Å². The number of pyridine rings is 1. The van der Waals surface area contributed by atoms with Crippen molar-refractivity contribution in [1.29, 1.82) is 0 Å². The summed E-state index contributed by atoms with van der Waals surface area (Å²) in [4.78, 5) is 6.28. The third-order valence-electron chi connectivity index (χ3n) is 2.86. The second-order valence-corrected chi connectivity index (χ2v) is 4.19. The van der Waals surface area contributed by atoms with E-state index < -0.39 is 0 Å². The topological polar surface area (TPSA) is 42.2 Å². The van der Waals surface area contributed by atoms with Gasteiger partial charge >= 0.3 is 0 Å². The molecular weight excluding hydrogens is 210 g/mol. The maximum Gasteiger partial charge on any atom is 0.128 e. The predicted octanol–water partition coefficient (Wildman–Crippen LogP) is 2.61. The van der Waals surface area contributed by atoms with Crippen LogP contribution in [-0.2, 0) is 6.54 Å². The number of aromatic nitrogens is 1. The van der Waals surface area contributed by atoms with Gasteiger partial charge in [0.05, 0.1) is 0 Å². The molecule has 0 saturated carbocycles. The van der Waals surface area contributed by atoms with Gasteiger partial charge in [0.15, 0.2) is 0 Å². The first-order valence-electron chi connectivity index (χ1n) is 5.64. The average molecular weight is 227 g/mol. The monoisotopic (exact) mass is 227 g/mol. The fraction of sp³-hybridized carbons (Fsp3) is 0.214. The van der Waals surface area contributed by atoms with Crippen molar-refractivity contribution in [2.45, 2.75) is 13.5 Å². The lowest BCUT2D eigenvalue weighted by molar-refractivity contribution is 0.913. The lowest BCUT2D eigenvalue weighted by Crippen LogP contribution is -2.18. The standard InChI is InChI=1S/C14H17N3/c1-11-6-3-4-8-13(11)17(2)10-12-7-5-9-16-14(12)15/h3-9H,10H2,1-2H3,(H2,15,16). The van der Waals surface area contributed by atoms with Crippen molar-refractivity contribution in [3.8, 4) is 0 Å². The van der Waals surface area contributed by atoms with Crippen LogP contribution in [0.1, 0.15) is 11.1 Å². The van der Waals surface area contributed by atoms with Crippen molar-refractivity contribution in [2.24, 2.45) is 0 Å². The second-order valence-electron chi connectivity index (χ2n) is 4.19. The Balaban J connectivity index is 2.20. The molecule has 0 fully saturated rings. The van der Waals surface area contributed by atoms with E-state index >= 15 is 0 Å². The number of nitrogens with zero attached hydrogens (tertiary/aromatic N) is 2. The van der Waals surface area contributed by atoms with Crippen LogP contribution in [0, 0.1) is 6.92 Å². The van der Waals surface area contributed by atoms with Crippen LogP contribution in [0.25, 0.3) is 0 Å². The first-order valence-corrected chi connectivity index (χ1v) is 5.64. The Hall–Kier alpha value is -2.03. The van der Waals surface area contributed by atoms with E-state index in [-0.39, 0.29) is 0 Å². The molecule has 0 amide bonds. The number of aryl methyl sites for hydroxylation is 1. The Morgan fingerprint density at radius 1 is 1.18 bits per heavy atom. The van der Waals surface area contributed by atoms with Gasteiger partial charge in [0.25, 0.3) is 0 Å². The van der Waals surface area contributed by atoms with Crippen LogP contribution in [0.4, 0.5) is 11.5 Å². The molecule has 0 saturated heterocycles. The predicted molar refractivity (Wildman–Crippen MR) is 71.9 cm³/mol. The zero-order chi connectivity index (χ0) is 12.3. The van der Waals surface area contributed by atoms with Gasteiger partial charge in [-0.2, -0.15) is 0 Å². The molecule has 0 unspecified atom stereocenters. The Bertz CT molecular complexity index is 508. The van der Waals surface area contributed by atoms with E-state index in [2.05, 4.69) is 36.0 Å². The number of hydrogen-bond acceptors (Lipinski definition) is 3. The van der Waals surface area contributed by atoms with Gasteiger partial charge in [-0.1, -0.05) is 24.3 Å². The molecule has 3 nitrogen and oxygen atoms in total. The zero-order valence-electron chi connectivity index (χ0n) is 10.2. The maximum absolute atomic E-state index is 5.85. The van der Waals surface area contributed by atoms with Crippen LogP contribution in [0.2, 0.25) is 0 Å². The van der Waals surface area contributed by atoms with Gasteiger partial charge in [0.2, 0.25) is 0 Å². The summed E-state index contributed by atoms with van der Waals surface area (Å²) < 4.78 is 0. The van der Waals surface area contributed by atoms with Gasteiger partial charge in [0.1, 0.15) is 5.82 Å². The van der Waals surface area contributed by atoms with Crippen molar-refractivity contribution in [3.05, 3.63) is 53.7 Å². The molecule has 1 heterocycles. The quantitative estimate of drug-likeness (QED) is 0.876. The number of rotatable bonds is 3. The summed E-state index contributed by atoms with van der Waals surface area (Å²) in [5, 5.41) is 0. The summed E-state index contributed by atoms with van der Waals surface area (Å²) in [7, 11) is 2.06. The lowest BCUT2D eigenvalue weighted by Gasteiger charge is -2.21. The molecular formula is C14H17N3. The fourth-order valence-corrected chi connectivity index (χ4v) is 1.92. The fourth-order valence-electron chi connectivity index (χ4n) is 1.92. The molecule has 17 heavy (non-hydrogen) atoms. The largest absolute Gasteiger partial charge is 0.383 e. The average Bonchev–Trinajstić information content (AvgIpc) is 2.32. The van der Waals surface area contributed by atoms with Crippen molar-refractivity contribution in [3.63, 3.8) is 0 Å². The molecule has 1 aromatic carbocycles. The van der Waals surface area contributed by atoms with Crippen molar-refractivity contribution in [2.75, 3.05) is 17.7 Å². The number of nitrogens with two attached hydrogens (primary N) is 1. The SMILES string of the molecule is Cc1ccccc1N(C)Cc1cccnc1N. The van der Waals surface area contributed by atoms with Crippen LogP contribution in [0.3, 0.4) is 0 Å². The molecule has 1 aromatic heterocycles. The molecule has 0 aliphatic rings. The minimum absolute atomic E-state index is 0.605.